The smallest absolute Gasteiger partial charge is 0.241 e. The van der Waals surface area contributed by atoms with E-state index < -0.39 is 0 Å². The lowest BCUT2D eigenvalue weighted by molar-refractivity contribution is -0.120. The van der Waals surface area contributed by atoms with Crippen molar-refractivity contribution in [1.29, 1.82) is 0 Å². The minimum Gasteiger partial charge on any atom is -0.364 e. The van der Waals surface area contributed by atoms with Crippen LogP contribution in [0, 0.1) is 5.92 Å². The molecule has 0 unspecified atom stereocenters. The molecule has 2 aliphatic rings. The number of anilines is 3. The summed E-state index contributed by atoms with van der Waals surface area (Å²) in [5, 5.41) is 6.05. The number of pyridine rings is 1. The Hall–Kier alpha value is -4.64. The number of likely N-dealkylation sites (N-methyl/N-ethyl adjacent to an activating group) is 1. The van der Waals surface area contributed by atoms with E-state index in [1.54, 1.807) is 11.0 Å². The van der Waals surface area contributed by atoms with Crippen molar-refractivity contribution in [2.24, 2.45) is 5.92 Å². The Bertz CT molecular complexity index is 1600. The molecule has 0 bridgehead atoms. The van der Waals surface area contributed by atoms with Crippen LogP contribution in [0.4, 0.5) is 17.3 Å². The number of carbonyl (C=O) groups is 3. The molecular formula is C33H40N8O3. The summed E-state index contributed by atoms with van der Waals surface area (Å²) in [4.78, 5) is 52.9. The molecule has 0 atom stereocenters. The number of rotatable bonds is 12. The summed E-state index contributed by atoms with van der Waals surface area (Å²) in [5.74, 6) is 1.40. The van der Waals surface area contributed by atoms with E-state index in [0.29, 0.717) is 35.4 Å². The van der Waals surface area contributed by atoms with E-state index in [9.17, 15) is 14.4 Å². The Balaban J connectivity index is 0.000000418. The summed E-state index contributed by atoms with van der Waals surface area (Å²) >= 11 is 0. The maximum atomic E-state index is 13.0. The highest BCUT2D eigenvalue weighted by molar-refractivity contribution is 6.00. The van der Waals surface area contributed by atoms with Gasteiger partial charge in [-0.05, 0) is 69.3 Å². The lowest BCUT2D eigenvalue weighted by atomic mass is 10.1. The zero-order valence-electron chi connectivity index (χ0n) is 25.6. The highest BCUT2D eigenvalue weighted by atomic mass is 16.2. The van der Waals surface area contributed by atoms with Gasteiger partial charge < -0.3 is 29.6 Å². The van der Waals surface area contributed by atoms with E-state index in [2.05, 4.69) is 58.0 Å². The lowest BCUT2D eigenvalue weighted by Gasteiger charge is -2.23. The van der Waals surface area contributed by atoms with Crippen LogP contribution in [0.3, 0.4) is 0 Å². The van der Waals surface area contributed by atoms with Gasteiger partial charge in [-0.25, -0.2) is 15.0 Å². The van der Waals surface area contributed by atoms with Crippen molar-refractivity contribution in [3.63, 3.8) is 0 Å². The van der Waals surface area contributed by atoms with Crippen molar-refractivity contribution in [3.8, 4) is 0 Å². The number of aldehydes is 1. The molecular weight excluding hydrogens is 556 g/mol. The van der Waals surface area contributed by atoms with Gasteiger partial charge in [-0.1, -0.05) is 37.3 Å². The molecule has 3 aromatic heterocycles. The Morgan fingerprint density at radius 2 is 1.77 bits per heavy atom. The molecule has 11 nitrogen and oxygen atoms in total. The molecule has 2 fully saturated rings. The monoisotopic (exact) mass is 596 g/mol. The summed E-state index contributed by atoms with van der Waals surface area (Å²) in [6, 6.07) is 14.1. The van der Waals surface area contributed by atoms with Crippen LogP contribution in [0.15, 0.2) is 61.2 Å². The molecule has 4 aromatic rings. The van der Waals surface area contributed by atoms with Crippen molar-refractivity contribution >= 4 is 41.1 Å². The molecule has 2 saturated carbocycles. The van der Waals surface area contributed by atoms with Crippen molar-refractivity contribution in [1.82, 2.24) is 24.3 Å². The molecule has 2 amide bonds. The van der Waals surface area contributed by atoms with Crippen LogP contribution in [0.2, 0.25) is 0 Å². The first-order valence-corrected chi connectivity index (χ1v) is 15.2. The van der Waals surface area contributed by atoms with Gasteiger partial charge in [-0.15, -0.1) is 0 Å². The van der Waals surface area contributed by atoms with Crippen LogP contribution in [0.5, 0.6) is 0 Å². The molecule has 11 heteroatoms. The standard InChI is InChI=1S/C25H30N8O3.C8H10/c1-31(2)14-23(35)33(7-8-34)20-9-18(16-3-4-16)12-32-13-19(29-24(20)32)11-26-21-10-22(28-15-27-21)30-25(36)17-5-6-17;1-2-8-6-4-3-5-7-8/h8-10,12-13,15-17H,3-7,11,14H2,1-2H3,(H2,26,27,28,30,36);3-7H,2H2,1H3. The Labute approximate surface area is 257 Å². The number of amides is 2. The molecule has 3 heterocycles. The first kappa shape index (κ1) is 30.8. The van der Waals surface area contributed by atoms with Gasteiger partial charge in [0.05, 0.1) is 31.0 Å². The summed E-state index contributed by atoms with van der Waals surface area (Å²) in [5.41, 5.74) is 4.54. The molecule has 1 aromatic carbocycles. The normalized spacial score (nSPS) is 14.1. The first-order valence-electron chi connectivity index (χ1n) is 15.2. The number of aromatic nitrogens is 4. The van der Waals surface area contributed by atoms with E-state index in [1.807, 2.05) is 36.8 Å². The number of hydrogen-bond acceptors (Lipinski definition) is 8. The quantitative estimate of drug-likeness (QED) is 0.232. The van der Waals surface area contributed by atoms with Crippen molar-refractivity contribution in [2.75, 3.05) is 42.7 Å². The first-order chi connectivity index (χ1) is 21.3. The van der Waals surface area contributed by atoms with Gasteiger partial charge in [0.1, 0.15) is 24.2 Å². The van der Waals surface area contributed by atoms with Gasteiger partial charge in [0.2, 0.25) is 11.8 Å². The number of nitrogens with one attached hydrogen (secondary N) is 2. The molecule has 0 saturated heterocycles. The average Bonchev–Trinajstić information content (AvgIpc) is 3.96. The van der Waals surface area contributed by atoms with Crippen LogP contribution in [-0.2, 0) is 27.3 Å². The Kier molecular flexibility index (Phi) is 9.96. The minimum absolute atomic E-state index is 0.0114. The number of benzene rings is 1. The third kappa shape index (κ3) is 8.25. The number of nitrogens with zero attached hydrogens (tertiary/aromatic N) is 6. The summed E-state index contributed by atoms with van der Waals surface area (Å²) < 4.78 is 1.93. The highest BCUT2D eigenvalue weighted by Crippen LogP contribution is 2.42. The van der Waals surface area contributed by atoms with Crippen molar-refractivity contribution in [3.05, 3.63) is 78.0 Å². The van der Waals surface area contributed by atoms with Crippen molar-refractivity contribution < 1.29 is 14.4 Å². The summed E-state index contributed by atoms with van der Waals surface area (Å²) in [6.45, 7) is 2.70. The number of imidazole rings is 1. The Morgan fingerprint density at radius 1 is 1.02 bits per heavy atom. The third-order valence-corrected chi connectivity index (χ3v) is 7.52. The van der Waals surface area contributed by atoms with Crippen LogP contribution >= 0.6 is 0 Å². The maximum Gasteiger partial charge on any atom is 0.241 e. The van der Waals surface area contributed by atoms with Crippen LogP contribution < -0.4 is 15.5 Å². The second kappa shape index (κ2) is 14.2. The SMILES string of the molecule is CCc1ccccc1.CN(C)CC(=O)N(CC=O)c1cc(C2CC2)cn2cc(CNc3cc(NC(=O)C4CC4)ncn3)nc12. The number of aryl methyl sites for hydroxylation is 1. The van der Waals surface area contributed by atoms with E-state index in [4.69, 9.17) is 4.98 Å². The molecule has 0 spiro atoms. The van der Waals surface area contributed by atoms with Gasteiger partial charge in [0, 0.05) is 24.4 Å². The fourth-order valence-corrected chi connectivity index (χ4v) is 4.83. The number of carbonyl (C=O) groups excluding carboxylic acids is 3. The molecule has 0 aliphatic heterocycles. The van der Waals surface area contributed by atoms with Crippen molar-refractivity contribution in [2.45, 2.75) is 51.5 Å². The van der Waals surface area contributed by atoms with Crippen LogP contribution in [0.1, 0.15) is 55.3 Å². The van der Waals surface area contributed by atoms with E-state index >= 15 is 0 Å². The largest absolute Gasteiger partial charge is 0.364 e. The minimum atomic E-state index is -0.161. The number of hydrogen-bond donors (Lipinski definition) is 2. The van der Waals surface area contributed by atoms with E-state index in [0.717, 1.165) is 49.6 Å². The van der Waals surface area contributed by atoms with E-state index in [1.165, 1.54) is 16.8 Å². The van der Waals surface area contributed by atoms with Gasteiger partial charge in [-0.3, -0.25) is 9.59 Å². The molecule has 0 radical (unpaired) electrons. The van der Waals surface area contributed by atoms with Gasteiger partial charge in [0.15, 0.2) is 5.65 Å². The molecule has 2 aliphatic carbocycles. The second-order valence-electron chi connectivity index (χ2n) is 11.5. The third-order valence-electron chi connectivity index (χ3n) is 7.52. The van der Waals surface area contributed by atoms with Gasteiger partial charge in [0.25, 0.3) is 0 Å². The second-order valence-corrected chi connectivity index (χ2v) is 11.5. The zero-order chi connectivity index (χ0) is 31.1. The molecule has 230 valence electrons. The fourth-order valence-electron chi connectivity index (χ4n) is 4.83. The lowest BCUT2D eigenvalue weighted by Crippen LogP contribution is -2.39. The molecule has 6 rings (SSSR count). The predicted octanol–water partition coefficient (Wildman–Crippen LogP) is 4.30. The predicted molar refractivity (Wildman–Crippen MR) is 171 cm³/mol. The highest BCUT2D eigenvalue weighted by Gasteiger charge is 2.30. The number of fused-ring (bicyclic) bond motifs is 1. The molecule has 44 heavy (non-hydrogen) atoms. The topological polar surface area (TPSA) is 125 Å². The van der Waals surface area contributed by atoms with Crippen LogP contribution in [0.25, 0.3) is 5.65 Å². The summed E-state index contributed by atoms with van der Waals surface area (Å²) in [7, 11) is 3.64. The maximum absolute atomic E-state index is 13.0. The average molecular weight is 597 g/mol. The Morgan fingerprint density at radius 3 is 2.41 bits per heavy atom. The summed E-state index contributed by atoms with van der Waals surface area (Å²) in [6.07, 6.45) is 11.3. The fraction of sp³-hybridized carbons (Fsp3) is 0.394. The van der Waals surface area contributed by atoms with Gasteiger partial charge in [-0.2, -0.15) is 0 Å². The zero-order valence-corrected chi connectivity index (χ0v) is 25.6. The van der Waals surface area contributed by atoms with E-state index in [-0.39, 0.29) is 30.8 Å². The van der Waals surface area contributed by atoms with Crippen LogP contribution in [-0.4, -0.2) is 69.5 Å². The van der Waals surface area contributed by atoms with Gasteiger partial charge >= 0.3 is 0 Å². The molecule has 2 N–H and O–H groups in total.